The number of amides is 1. The molecule has 184 valence electrons. The average Bonchev–Trinajstić information content (AvgIpc) is 2.78. The number of rotatable bonds is 5. The van der Waals surface area contributed by atoms with Crippen molar-refractivity contribution in [3.05, 3.63) is 71.9 Å². The van der Waals surface area contributed by atoms with Crippen molar-refractivity contribution in [2.24, 2.45) is 0 Å². The summed E-state index contributed by atoms with van der Waals surface area (Å²) in [6, 6.07) is 14.8. The first-order chi connectivity index (χ1) is 16.6. The number of nitrogens with zero attached hydrogens (tertiary/aromatic N) is 2. The molecule has 1 amide bonds. The first kappa shape index (κ1) is 24.5. The van der Waals surface area contributed by atoms with Crippen LogP contribution in [0.15, 0.2) is 60.8 Å². The van der Waals surface area contributed by atoms with Crippen molar-refractivity contribution in [3.63, 3.8) is 0 Å². The summed E-state index contributed by atoms with van der Waals surface area (Å²) in [5.41, 5.74) is 3.07. The number of carbonyl (C=O) groups excluding carboxylic acids is 1. The van der Waals surface area contributed by atoms with Crippen molar-refractivity contribution in [1.82, 2.24) is 4.98 Å². The predicted molar refractivity (Wildman–Crippen MR) is 128 cm³/mol. The predicted octanol–water partition coefficient (Wildman–Crippen LogP) is 5.82. The van der Waals surface area contributed by atoms with Crippen LogP contribution < -0.4 is 15.0 Å². The maximum atomic E-state index is 12.8. The first-order valence-corrected chi connectivity index (χ1v) is 11.2. The van der Waals surface area contributed by atoms with Gasteiger partial charge in [-0.25, -0.2) is 4.98 Å². The van der Waals surface area contributed by atoms with E-state index in [2.05, 4.69) is 19.9 Å². The molecular formula is C26H26F3N3O3. The Kier molecular flexibility index (Phi) is 6.98. The zero-order valence-electron chi connectivity index (χ0n) is 19.6. The SMILES string of the molecule is Cc1cc(OC(F)(F)F)ccc1-c1cccc(NC(=O)c2ccc(N3C[C@@H](C)O[C@@H](C)C3)nc2)c1. The van der Waals surface area contributed by atoms with Crippen molar-refractivity contribution in [2.75, 3.05) is 23.3 Å². The minimum absolute atomic E-state index is 0.104. The van der Waals surface area contributed by atoms with E-state index in [-0.39, 0.29) is 23.9 Å². The number of morpholine rings is 1. The third-order valence-corrected chi connectivity index (χ3v) is 5.62. The van der Waals surface area contributed by atoms with Gasteiger partial charge in [0, 0.05) is 25.0 Å². The second-order valence-electron chi connectivity index (χ2n) is 8.63. The van der Waals surface area contributed by atoms with E-state index in [1.54, 1.807) is 43.5 Å². The average molecular weight is 486 g/mol. The Bertz CT molecular complexity index is 1190. The molecule has 2 heterocycles. The van der Waals surface area contributed by atoms with Gasteiger partial charge in [-0.3, -0.25) is 4.79 Å². The van der Waals surface area contributed by atoms with Crippen LogP contribution >= 0.6 is 0 Å². The third kappa shape index (κ3) is 6.30. The lowest BCUT2D eigenvalue weighted by molar-refractivity contribution is -0.274. The molecule has 0 unspecified atom stereocenters. The summed E-state index contributed by atoms with van der Waals surface area (Å²) in [7, 11) is 0. The smallest absolute Gasteiger partial charge is 0.406 e. The number of alkyl halides is 3. The summed E-state index contributed by atoms with van der Waals surface area (Å²) < 4.78 is 47.2. The summed E-state index contributed by atoms with van der Waals surface area (Å²) in [5.74, 6) is 0.203. The molecule has 1 saturated heterocycles. The fraction of sp³-hybridized carbons (Fsp3) is 0.308. The molecule has 0 radical (unpaired) electrons. The maximum absolute atomic E-state index is 12.8. The van der Waals surface area contributed by atoms with Crippen molar-refractivity contribution >= 4 is 17.4 Å². The van der Waals surface area contributed by atoms with E-state index in [0.29, 0.717) is 16.8 Å². The fourth-order valence-electron chi connectivity index (χ4n) is 4.20. The molecule has 2 aromatic carbocycles. The van der Waals surface area contributed by atoms with Crippen LogP contribution in [0.5, 0.6) is 5.75 Å². The van der Waals surface area contributed by atoms with E-state index in [0.717, 1.165) is 30.0 Å². The fourth-order valence-corrected chi connectivity index (χ4v) is 4.20. The number of aryl methyl sites for hydroxylation is 1. The summed E-state index contributed by atoms with van der Waals surface area (Å²) in [4.78, 5) is 19.4. The number of hydrogen-bond donors (Lipinski definition) is 1. The van der Waals surface area contributed by atoms with Crippen LogP contribution in [0.1, 0.15) is 29.8 Å². The number of benzene rings is 2. The molecule has 4 rings (SSSR count). The molecule has 1 aliphatic rings. The molecule has 0 spiro atoms. The maximum Gasteiger partial charge on any atom is 0.573 e. The Morgan fingerprint density at radius 2 is 1.83 bits per heavy atom. The Hall–Kier alpha value is -3.59. The van der Waals surface area contributed by atoms with Gasteiger partial charge in [0.15, 0.2) is 0 Å². The van der Waals surface area contributed by atoms with Crippen molar-refractivity contribution < 1.29 is 27.4 Å². The van der Waals surface area contributed by atoms with Gasteiger partial charge >= 0.3 is 6.36 Å². The minimum Gasteiger partial charge on any atom is -0.406 e. The van der Waals surface area contributed by atoms with E-state index < -0.39 is 6.36 Å². The number of pyridine rings is 1. The molecule has 1 aromatic heterocycles. The van der Waals surface area contributed by atoms with Crippen molar-refractivity contribution in [1.29, 1.82) is 0 Å². The first-order valence-electron chi connectivity index (χ1n) is 11.2. The third-order valence-electron chi connectivity index (χ3n) is 5.62. The second kappa shape index (κ2) is 9.95. The molecule has 2 atom stereocenters. The molecule has 6 nitrogen and oxygen atoms in total. The second-order valence-corrected chi connectivity index (χ2v) is 8.63. The van der Waals surface area contributed by atoms with Gasteiger partial charge in [-0.15, -0.1) is 13.2 Å². The molecule has 0 bridgehead atoms. The Labute approximate surface area is 201 Å². The van der Waals surface area contributed by atoms with E-state index >= 15 is 0 Å². The van der Waals surface area contributed by atoms with Crippen LogP contribution in [0, 0.1) is 6.92 Å². The highest BCUT2D eigenvalue weighted by Crippen LogP contribution is 2.31. The van der Waals surface area contributed by atoms with E-state index in [1.807, 2.05) is 26.0 Å². The Morgan fingerprint density at radius 3 is 2.46 bits per heavy atom. The lowest BCUT2D eigenvalue weighted by Gasteiger charge is -2.36. The molecule has 35 heavy (non-hydrogen) atoms. The molecule has 9 heteroatoms. The van der Waals surface area contributed by atoms with Gasteiger partial charge < -0.3 is 19.7 Å². The highest BCUT2D eigenvalue weighted by atomic mass is 19.4. The number of hydrogen-bond acceptors (Lipinski definition) is 5. The van der Waals surface area contributed by atoms with Crippen LogP contribution in [-0.2, 0) is 4.74 Å². The molecule has 3 aromatic rings. The zero-order valence-corrected chi connectivity index (χ0v) is 19.6. The molecule has 0 saturated carbocycles. The summed E-state index contributed by atoms with van der Waals surface area (Å²) >= 11 is 0. The Balaban J connectivity index is 1.45. The summed E-state index contributed by atoms with van der Waals surface area (Å²) in [6.07, 6.45) is -2.99. The minimum atomic E-state index is -4.75. The van der Waals surface area contributed by atoms with Gasteiger partial charge in [0.1, 0.15) is 11.6 Å². The highest BCUT2D eigenvalue weighted by molar-refractivity contribution is 6.04. The molecule has 1 N–H and O–H groups in total. The molecule has 1 fully saturated rings. The standard InChI is InChI=1S/C26H26F3N3O3/c1-16-11-22(35-26(27,28)29)8-9-23(16)19-5-4-6-21(12-19)31-25(33)20-7-10-24(30-13-20)32-14-17(2)34-18(3)15-32/h4-13,17-18H,14-15H2,1-3H3,(H,31,33)/t17-,18+. The van der Waals surface area contributed by atoms with Gasteiger partial charge in [0.2, 0.25) is 0 Å². The quantitative estimate of drug-likeness (QED) is 0.493. The number of carbonyl (C=O) groups is 1. The van der Waals surface area contributed by atoms with Crippen LogP contribution in [0.2, 0.25) is 0 Å². The molecular weight excluding hydrogens is 459 g/mol. The summed E-state index contributed by atoms with van der Waals surface area (Å²) in [6.45, 7) is 7.21. The lowest BCUT2D eigenvalue weighted by Crippen LogP contribution is -2.45. The number of nitrogens with one attached hydrogen (secondary N) is 1. The lowest BCUT2D eigenvalue weighted by atomic mass is 10.00. The van der Waals surface area contributed by atoms with E-state index in [1.165, 1.54) is 12.1 Å². The van der Waals surface area contributed by atoms with Crippen LogP contribution in [0.4, 0.5) is 24.7 Å². The van der Waals surface area contributed by atoms with Crippen LogP contribution in [0.3, 0.4) is 0 Å². The Morgan fingerprint density at radius 1 is 1.09 bits per heavy atom. The van der Waals surface area contributed by atoms with Gasteiger partial charge in [0.05, 0.1) is 17.8 Å². The molecule has 0 aliphatic carbocycles. The van der Waals surface area contributed by atoms with Crippen molar-refractivity contribution in [3.8, 4) is 16.9 Å². The van der Waals surface area contributed by atoms with Gasteiger partial charge in [-0.2, -0.15) is 0 Å². The monoisotopic (exact) mass is 485 g/mol. The number of aromatic nitrogens is 1. The van der Waals surface area contributed by atoms with Crippen LogP contribution in [0.25, 0.3) is 11.1 Å². The van der Waals surface area contributed by atoms with Gasteiger partial charge in [0.25, 0.3) is 5.91 Å². The number of anilines is 2. The number of halogens is 3. The molecule has 1 aliphatic heterocycles. The van der Waals surface area contributed by atoms with Crippen LogP contribution in [-0.4, -0.2) is 42.6 Å². The van der Waals surface area contributed by atoms with E-state index in [4.69, 9.17) is 4.74 Å². The zero-order chi connectivity index (χ0) is 25.2. The normalized spacial score (nSPS) is 18.3. The topological polar surface area (TPSA) is 63.7 Å². The number of ether oxygens (including phenoxy) is 2. The van der Waals surface area contributed by atoms with Crippen molar-refractivity contribution in [2.45, 2.75) is 39.3 Å². The highest BCUT2D eigenvalue weighted by Gasteiger charge is 2.31. The van der Waals surface area contributed by atoms with Gasteiger partial charge in [-0.1, -0.05) is 18.2 Å². The largest absolute Gasteiger partial charge is 0.573 e. The van der Waals surface area contributed by atoms with Gasteiger partial charge in [-0.05, 0) is 73.9 Å². The van der Waals surface area contributed by atoms with E-state index in [9.17, 15) is 18.0 Å². The summed E-state index contributed by atoms with van der Waals surface area (Å²) in [5, 5.41) is 2.86.